The first kappa shape index (κ1) is 13.2. The zero-order valence-electron chi connectivity index (χ0n) is 10.1. The Labute approximate surface area is 113 Å². The molecular formula is C12H11N3O3S. The van der Waals surface area contributed by atoms with Crippen LogP contribution in [0.2, 0.25) is 0 Å². The van der Waals surface area contributed by atoms with Crippen LogP contribution in [0.25, 0.3) is 0 Å². The van der Waals surface area contributed by atoms with Crippen molar-refractivity contribution in [2.24, 2.45) is 0 Å². The van der Waals surface area contributed by atoms with Gasteiger partial charge in [0.2, 0.25) is 0 Å². The number of pyridine rings is 1. The molecule has 2 aromatic heterocycles. The lowest BCUT2D eigenvalue weighted by atomic mass is 10.1. The Morgan fingerprint density at radius 3 is 2.79 bits per heavy atom. The van der Waals surface area contributed by atoms with E-state index in [-0.39, 0.29) is 11.1 Å². The SMILES string of the molecule is CCc1cnc(NC(=O)c2ccncc2C(=O)O)s1. The molecule has 6 nitrogen and oxygen atoms in total. The lowest BCUT2D eigenvalue weighted by Gasteiger charge is -2.04. The second-order valence-corrected chi connectivity index (χ2v) is 4.78. The summed E-state index contributed by atoms with van der Waals surface area (Å²) in [6.45, 7) is 1.99. The number of aromatic nitrogens is 2. The molecule has 98 valence electrons. The molecule has 19 heavy (non-hydrogen) atoms. The zero-order valence-corrected chi connectivity index (χ0v) is 10.9. The Morgan fingerprint density at radius 2 is 2.16 bits per heavy atom. The summed E-state index contributed by atoms with van der Waals surface area (Å²) in [5.74, 6) is -1.69. The lowest BCUT2D eigenvalue weighted by Crippen LogP contribution is -2.16. The first-order chi connectivity index (χ1) is 9.11. The number of anilines is 1. The predicted molar refractivity (Wildman–Crippen MR) is 70.6 cm³/mol. The van der Waals surface area contributed by atoms with Crippen molar-refractivity contribution in [3.8, 4) is 0 Å². The van der Waals surface area contributed by atoms with Crippen molar-refractivity contribution in [3.63, 3.8) is 0 Å². The number of aryl methyl sites for hydroxylation is 1. The number of carbonyl (C=O) groups is 2. The summed E-state index contributed by atoms with van der Waals surface area (Å²) in [5.41, 5.74) is -0.0666. The van der Waals surface area contributed by atoms with E-state index in [2.05, 4.69) is 15.3 Å². The molecule has 0 aliphatic carbocycles. The number of nitrogens with one attached hydrogen (secondary N) is 1. The molecule has 0 aromatic carbocycles. The van der Waals surface area contributed by atoms with Gasteiger partial charge in [0.1, 0.15) is 0 Å². The van der Waals surface area contributed by atoms with Gasteiger partial charge in [0.05, 0.1) is 11.1 Å². The van der Waals surface area contributed by atoms with Gasteiger partial charge < -0.3 is 5.11 Å². The molecule has 1 amide bonds. The molecule has 0 unspecified atom stereocenters. The average molecular weight is 277 g/mol. The number of hydrogen-bond acceptors (Lipinski definition) is 5. The van der Waals surface area contributed by atoms with E-state index in [0.29, 0.717) is 5.13 Å². The summed E-state index contributed by atoms with van der Waals surface area (Å²) in [7, 11) is 0. The van der Waals surface area contributed by atoms with Crippen molar-refractivity contribution in [2.75, 3.05) is 5.32 Å². The summed E-state index contributed by atoms with van der Waals surface area (Å²) in [5, 5.41) is 12.0. The number of aromatic carboxylic acids is 1. The molecule has 2 heterocycles. The molecule has 2 aromatic rings. The van der Waals surface area contributed by atoms with E-state index in [4.69, 9.17) is 5.11 Å². The van der Waals surface area contributed by atoms with Crippen molar-refractivity contribution in [1.29, 1.82) is 0 Å². The van der Waals surface area contributed by atoms with E-state index in [1.165, 1.54) is 23.6 Å². The Balaban J connectivity index is 2.22. The Bertz CT molecular complexity index is 624. The second-order valence-electron chi connectivity index (χ2n) is 3.67. The normalized spacial score (nSPS) is 10.2. The highest BCUT2D eigenvalue weighted by Crippen LogP contribution is 2.19. The van der Waals surface area contributed by atoms with Gasteiger partial charge in [-0.3, -0.25) is 15.1 Å². The topological polar surface area (TPSA) is 92.2 Å². The van der Waals surface area contributed by atoms with Crippen LogP contribution in [0.1, 0.15) is 32.5 Å². The van der Waals surface area contributed by atoms with Gasteiger partial charge >= 0.3 is 5.97 Å². The standard InChI is InChI=1S/C12H11N3O3S/c1-2-7-5-14-12(19-7)15-10(16)8-3-4-13-6-9(8)11(17)18/h3-6H,2H2,1H3,(H,17,18)(H,14,15,16). The highest BCUT2D eigenvalue weighted by molar-refractivity contribution is 7.15. The molecule has 2 rings (SSSR count). The van der Waals surface area contributed by atoms with Crippen LogP contribution in [0.4, 0.5) is 5.13 Å². The molecule has 0 atom stereocenters. The number of carboxylic acid groups (broad SMARTS) is 1. The molecule has 0 saturated carbocycles. The minimum absolute atomic E-state index is 0.0655. The van der Waals surface area contributed by atoms with Crippen LogP contribution in [0, 0.1) is 0 Å². The quantitative estimate of drug-likeness (QED) is 0.892. The minimum Gasteiger partial charge on any atom is -0.478 e. The maximum atomic E-state index is 12.0. The molecule has 0 bridgehead atoms. The van der Waals surface area contributed by atoms with Crippen LogP contribution >= 0.6 is 11.3 Å². The van der Waals surface area contributed by atoms with Crippen LogP contribution in [-0.4, -0.2) is 27.0 Å². The van der Waals surface area contributed by atoms with Gasteiger partial charge in [0, 0.05) is 23.5 Å². The summed E-state index contributed by atoms with van der Waals surface area (Å²) in [4.78, 5) is 31.8. The van der Waals surface area contributed by atoms with E-state index >= 15 is 0 Å². The van der Waals surface area contributed by atoms with Crippen LogP contribution in [0.15, 0.2) is 24.7 Å². The van der Waals surface area contributed by atoms with E-state index in [1.54, 1.807) is 6.20 Å². The summed E-state index contributed by atoms with van der Waals surface area (Å²) in [6.07, 6.45) is 5.05. The number of carbonyl (C=O) groups excluding carboxylic acids is 1. The smallest absolute Gasteiger partial charge is 0.338 e. The zero-order chi connectivity index (χ0) is 13.8. The Kier molecular flexibility index (Phi) is 3.86. The summed E-state index contributed by atoms with van der Waals surface area (Å²) >= 11 is 1.36. The first-order valence-corrected chi connectivity index (χ1v) is 6.36. The third-order valence-corrected chi connectivity index (χ3v) is 3.48. The number of rotatable bonds is 4. The number of thiazole rings is 1. The highest BCUT2D eigenvalue weighted by atomic mass is 32.1. The molecule has 0 radical (unpaired) electrons. The van der Waals surface area contributed by atoms with Crippen molar-refractivity contribution in [3.05, 3.63) is 40.7 Å². The van der Waals surface area contributed by atoms with E-state index < -0.39 is 11.9 Å². The lowest BCUT2D eigenvalue weighted by molar-refractivity contribution is 0.0692. The molecule has 0 fully saturated rings. The van der Waals surface area contributed by atoms with E-state index in [1.807, 2.05) is 6.92 Å². The molecule has 0 aliphatic heterocycles. The molecule has 2 N–H and O–H groups in total. The molecule has 0 saturated heterocycles. The molecule has 7 heteroatoms. The van der Waals surface area contributed by atoms with Gasteiger partial charge in [-0.25, -0.2) is 9.78 Å². The largest absolute Gasteiger partial charge is 0.478 e. The van der Waals surface area contributed by atoms with Crippen LogP contribution < -0.4 is 5.32 Å². The van der Waals surface area contributed by atoms with Crippen LogP contribution in [0.5, 0.6) is 0 Å². The second kappa shape index (κ2) is 5.57. The fourth-order valence-electron chi connectivity index (χ4n) is 1.46. The third-order valence-electron chi connectivity index (χ3n) is 2.42. The van der Waals surface area contributed by atoms with Gasteiger partial charge in [-0.2, -0.15) is 0 Å². The maximum absolute atomic E-state index is 12.0. The van der Waals surface area contributed by atoms with Gasteiger partial charge in [-0.05, 0) is 12.5 Å². The van der Waals surface area contributed by atoms with Crippen molar-refractivity contribution >= 4 is 28.3 Å². The van der Waals surface area contributed by atoms with Gasteiger partial charge in [0.25, 0.3) is 5.91 Å². The molecular weight excluding hydrogens is 266 g/mol. The van der Waals surface area contributed by atoms with Crippen molar-refractivity contribution < 1.29 is 14.7 Å². The fraction of sp³-hybridized carbons (Fsp3) is 0.167. The molecule has 0 spiro atoms. The van der Waals surface area contributed by atoms with Crippen LogP contribution in [-0.2, 0) is 6.42 Å². The van der Waals surface area contributed by atoms with Gasteiger partial charge in [-0.1, -0.05) is 6.92 Å². The van der Waals surface area contributed by atoms with E-state index in [0.717, 1.165) is 17.5 Å². The Morgan fingerprint density at radius 1 is 1.37 bits per heavy atom. The van der Waals surface area contributed by atoms with Gasteiger partial charge in [-0.15, -0.1) is 11.3 Å². The van der Waals surface area contributed by atoms with Gasteiger partial charge in [0.15, 0.2) is 5.13 Å². The predicted octanol–water partition coefficient (Wildman–Crippen LogP) is 2.05. The maximum Gasteiger partial charge on any atom is 0.338 e. The number of nitrogens with zero attached hydrogens (tertiary/aromatic N) is 2. The number of carboxylic acids is 1. The number of hydrogen-bond donors (Lipinski definition) is 2. The monoisotopic (exact) mass is 277 g/mol. The summed E-state index contributed by atoms with van der Waals surface area (Å²) in [6, 6.07) is 1.37. The minimum atomic E-state index is -1.19. The Hall–Kier alpha value is -2.28. The van der Waals surface area contributed by atoms with Crippen molar-refractivity contribution in [1.82, 2.24) is 9.97 Å². The third kappa shape index (κ3) is 2.94. The summed E-state index contributed by atoms with van der Waals surface area (Å²) < 4.78 is 0. The first-order valence-electron chi connectivity index (χ1n) is 5.55. The van der Waals surface area contributed by atoms with Crippen LogP contribution in [0.3, 0.4) is 0 Å². The highest BCUT2D eigenvalue weighted by Gasteiger charge is 2.17. The fourth-order valence-corrected chi connectivity index (χ4v) is 2.20. The average Bonchev–Trinajstić information content (AvgIpc) is 2.86. The van der Waals surface area contributed by atoms with Crippen molar-refractivity contribution in [2.45, 2.75) is 13.3 Å². The molecule has 0 aliphatic rings. The number of amides is 1. The van der Waals surface area contributed by atoms with E-state index in [9.17, 15) is 9.59 Å².